The number of aromatic nitrogens is 5. The van der Waals surface area contributed by atoms with Crippen LogP contribution in [0.25, 0.3) is 28.1 Å². The highest BCUT2D eigenvalue weighted by atomic mass is 35.5. The molecular weight excluding hydrogens is 668 g/mol. The van der Waals surface area contributed by atoms with Crippen LogP contribution in [0.1, 0.15) is 37.6 Å². The fourth-order valence-corrected chi connectivity index (χ4v) is 7.24. The summed E-state index contributed by atoms with van der Waals surface area (Å²) in [7, 11) is -1.29. The summed E-state index contributed by atoms with van der Waals surface area (Å²) in [5.41, 5.74) is 5.35. The summed E-state index contributed by atoms with van der Waals surface area (Å²) in [6.07, 6.45) is -0.289. The highest BCUT2D eigenvalue weighted by Crippen LogP contribution is 2.36. The van der Waals surface area contributed by atoms with Crippen molar-refractivity contribution in [1.29, 1.82) is 0 Å². The zero-order chi connectivity index (χ0) is 34.7. The summed E-state index contributed by atoms with van der Waals surface area (Å²) in [5, 5.41) is 15.3. The van der Waals surface area contributed by atoms with Gasteiger partial charge in [-0.2, -0.15) is 10.1 Å². The quantitative estimate of drug-likeness (QED) is 0.169. The number of aromatic amines is 1. The number of hydrogen-bond donors (Lipinski definition) is 2. The molecule has 0 aliphatic carbocycles. The molecule has 15 heteroatoms. The van der Waals surface area contributed by atoms with Crippen molar-refractivity contribution in [3.63, 3.8) is 0 Å². The van der Waals surface area contributed by atoms with Gasteiger partial charge in [-0.3, -0.25) is 4.90 Å². The lowest BCUT2D eigenvalue weighted by atomic mass is 10.1. The Morgan fingerprint density at radius 3 is 2.57 bits per heavy atom. The Kier molecular flexibility index (Phi) is 8.99. The molecule has 2 fully saturated rings. The van der Waals surface area contributed by atoms with Crippen LogP contribution in [0.2, 0.25) is 30.7 Å². The smallest absolute Gasteiger partial charge is 0.410 e. The van der Waals surface area contributed by atoms with Crippen molar-refractivity contribution in [3.05, 3.63) is 52.3 Å². The molecule has 7 rings (SSSR count). The number of fused-ring (bicyclic) bond motifs is 3. The number of halogens is 1. The lowest BCUT2D eigenvalue weighted by Crippen LogP contribution is -2.34. The minimum absolute atomic E-state index is 0.211. The lowest BCUT2D eigenvalue weighted by molar-refractivity contribution is 0.00705. The first-order chi connectivity index (χ1) is 23.2. The van der Waals surface area contributed by atoms with Crippen LogP contribution >= 0.6 is 11.6 Å². The predicted octanol–water partition coefficient (Wildman–Crippen LogP) is 5.48. The van der Waals surface area contributed by atoms with Crippen LogP contribution in [0.15, 0.2) is 30.5 Å². The molecule has 0 spiro atoms. The zero-order valence-electron chi connectivity index (χ0n) is 28.7. The Bertz CT molecular complexity index is 1830. The summed E-state index contributed by atoms with van der Waals surface area (Å²) >= 11 is 7.10. The largest absolute Gasteiger partial charge is 0.456 e. The number of ether oxygens (including phenoxy) is 5. The molecule has 262 valence electrons. The van der Waals surface area contributed by atoms with Gasteiger partial charge in [0, 0.05) is 37.6 Å². The minimum atomic E-state index is -1.29. The molecule has 2 saturated heterocycles. The summed E-state index contributed by atoms with van der Waals surface area (Å²) in [4.78, 5) is 27.0. The number of nitrogens with zero attached hydrogens (tertiary/aromatic N) is 5. The van der Waals surface area contributed by atoms with Gasteiger partial charge >= 0.3 is 6.09 Å². The van der Waals surface area contributed by atoms with E-state index in [1.54, 1.807) is 4.90 Å². The Morgan fingerprint density at radius 1 is 1.10 bits per heavy atom. The van der Waals surface area contributed by atoms with Crippen molar-refractivity contribution in [2.75, 3.05) is 19.8 Å². The van der Waals surface area contributed by atoms with Gasteiger partial charge < -0.3 is 33.8 Å². The maximum atomic E-state index is 12.5. The van der Waals surface area contributed by atoms with Crippen molar-refractivity contribution < 1.29 is 33.6 Å². The van der Waals surface area contributed by atoms with E-state index < -0.39 is 32.0 Å². The molecule has 0 radical (unpaired) electrons. The number of H-pyrrole nitrogens is 1. The number of aliphatic hydroxyl groups excluding tert-OH is 1. The lowest BCUT2D eigenvalue weighted by Gasteiger charge is -2.24. The van der Waals surface area contributed by atoms with E-state index in [0.717, 1.165) is 34.1 Å². The number of pyridine rings is 1. The maximum Gasteiger partial charge on any atom is 0.410 e. The molecule has 0 saturated carbocycles. The number of nitrogens with one attached hydrogen (secondary N) is 1. The number of amides is 1. The summed E-state index contributed by atoms with van der Waals surface area (Å²) in [5.74, 6) is 0. The van der Waals surface area contributed by atoms with Crippen LogP contribution in [-0.2, 0) is 38.6 Å². The van der Waals surface area contributed by atoms with Gasteiger partial charge in [0.05, 0.1) is 60.5 Å². The van der Waals surface area contributed by atoms with Gasteiger partial charge in [0.25, 0.3) is 6.01 Å². The fraction of sp³-hybridized carbons (Fsp3) is 0.529. The second-order valence-electron chi connectivity index (χ2n) is 15.1. The Morgan fingerprint density at radius 2 is 1.86 bits per heavy atom. The number of aliphatic hydroxyl groups is 1. The predicted molar refractivity (Wildman–Crippen MR) is 185 cm³/mol. The average Bonchev–Trinajstić information content (AvgIpc) is 3.84. The third-order valence-electron chi connectivity index (χ3n) is 8.78. The molecule has 49 heavy (non-hydrogen) atoms. The van der Waals surface area contributed by atoms with Gasteiger partial charge in [-0.15, -0.1) is 0 Å². The molecule has 1 aromatic carbocycles. The number of imidazole rings is 1. The molecule has 3 aliphatic heterocycles. The molecule has 2 N–H and O–H groups in total. The van der Waals surface area contributed by atoms with Crippen LogP contribution in [0, 0.1) is 0 Å². The topological polar surface area (TPSA) is 146 Å². The molecule has 13 nitrogen and oxygen atoms in total. The van der Waals surface area contributed by atoms with Gasteiger partial charge in [-0.05, 0) is 38.9 Å². The van der Waals surface area contributed by atoms with Gasteiger partial charge in [0.2, 0.25) is 0 Å². The molecule has 0 unspecified atom stereocenters. The second kappa shape index (κ2) is 13.0. The summed E-state index contributed by atoms with van der Waals surface area (Å²) in [6, 6.07) is 9.12. The molecule has 4 atom stereocenters. The molecule has 3 aliphatic rings. The highest BCUT2D eigenvalue weighted by molar-refractivity contribution is 6.76. The first-order valence-corrected chi connectivity index (χ1v) is 20.7. The van der Waals surface area contributed by atoms with Crippen molar-refractivity contribution in [1.82, 2.24) is 29.6 Å². The van der Waals surface area contributed by atoms with E-state index in [-0.39, 0.29) is 38.0 Å². The van der Waals surface area contributed by atoms with E-state index in [0.29, 0.717) is 41.6 Å². The number of carbonyl (C=O) groups is 1. The number of rotatable bonds is 9. The third kappa shape index (κ3) is 7.21. The van der Waals surface area contributed by atoms with Gasteiger partial charge in [0.15, 0.2) is 11.8 Å². The van der Waals surface area contributed by atoms with Gasteiger partial charge in [-0.25, -0.2) is 14.5 Å². The standard InChI is InChI=1S/C34H43ClN6O7Si/c1-34(2,3)48-33(43)40-13-20-14-41(39-23(20)15-40)21-9-7-19(8-10-21)27-26(35)22(16-44-11-12-49(4,5)6)28-31(36-27)38-32(37-28)47-25-18-46-29-24(42)17-45-30(25)29/h7-10,14,24-25,29-30,42H,11-13,15-18H2,1-6H3,(H,36,37,38)/t24-,25-,29-,30-/m1/s1. The van der Waals surface area contributed by atoms with Gasteiger partial charge in [-0.1, -0.05) is 43.4 Å². The number of benzene rings is 1. The van der Waals surface area contributed by atoms with E-state index in [4.69, 9.17) is 45.4 Å². The molecule has 3 aromatic heterocycles. The Hall–Kier alpha value is -3.53. The van der Waals surface area contributed by atoms with Crippen molar-refractivity contribution in [3.8, 4) is 23.0 Å². The van der Waals surface area contributed by atoms with Crippen molar-refractivity contribution in [2.45, 2.75) is 96.2 Å². The fourth-order valence-electron chi connectivity index (χ4n) is 6.18. The summed E-state index contributed by atoms with van der Waals surface area (Å²) < 4.78 is 31.1. The first kappa shape index (κ1) is 33.9. The maximum absolute atomic E-state index is 12.5. The van der Waals surface area contributed by atoms with E-state index >= 15 is 0 Å². The summed E-state index contributed by atoms with van der Waals surface area (Å²) in [6.45, 7) is 14.8. The molecule has 6 heterocycles. The highest BCUT2D eigenvalue weighted by Gasteiger charge is 2.48. The molecular formula is C34H43ClN6O7Si. The minimum Gasteiger partial charge on any atom is -0.456 e. The van der Waals surface area contributed by atoms with Crippen LogP contribution in [0.3, 0.4) is 0 Å². The Balaban J connectivity index is 1.13. The van der Waals surface area contributed by atoms with E-state index in [1.165, 1.54) is 0 Å². The number of carbonyl (C=O) groups excluding carboxylic acids is 1. The normalized spacial score (nSPS) is 22.2. The third-order valence-corrected chi connectivity index (χ3v) is 10.9. The van der Waals surface area contributed by atoms with Crippen LogP contribution in [0.4, 0.5) is 4.79 Å². The average molecular weight is 711 g/mol. The second-order valence-corrected chi connectivity index (χ2v) is 21.1. The molecule has 4 aromatic rings. The SMILES string of the molecule is CC(C)(C)OC(=O)N1Cc2cn(-c3ccc(-c4nc5nc(O[C@@H]6CO[C@H]7[C@@H]6OC[C@H]7O)[nH]c5c(COCC[Si](C)(C)C)c4Cl)cc3)nc2C1. The van der Waals surface area contributed by atoms with E-state index in [9.17, 15) is 9.90 Å². The molecule has 0 bridgehead atoms. The van der Waals surface area contributed by atoms with Crippen molar-refractivity contribution in [2.24, 2.45) is 0 Å². The van der Waals surface area contributed by atoms with Crippen molar-refractivity contribution >= 4 is 36.9 Å². The number of hydrogen-bond acceptors (Lipinski definition) is 10. The van der Waals surface area contributed by atoms with Crippen LogP contribution in [-0.4, -0.2) is 98.7 Å². The van der Waals surface area contributed by atoms with Crippen LogP contribution in [0.5, 0.6) is 6.01 Å². The zero-order valence-corrected chi connectivity index (χ0v) is 30.4. The van der Waals surface area contributed by atoms with E-state index in [1.807, 2.05) is 55.9 Å². The van der Waals surface area contributed by atoms with Crippen LogP contribution < -0.4 is 4.74 Å². The monoisotopic (exact) mass is 710 g/mol. The van der Waals surface area contributed by atoms with E-state index in [2.05, 4.69) is 29.6 Å². The Labute approximate surface area is 290 Å². The first-order valence-electron chi connectivity index (χ1n) is 16.6. The van der Waals surface area contributed by atoms with Gasteiger partial charge in [0.1, 0.15) is 23.9 Å². The molecule has 1 amide bonds.